The van der Waals surface area contributed by atoms with Crippen LogP contribution < -0.4 is 43.0 Å². The molecule has 0 bridgehead atoms. The molecule has 8 atom stereocenters. The maximum Gasteiger partial charge on any atom is 0.326 e. The smallest absolute Gasteiger partial charge is 0.326 e. The third kappa shape index (κ3) is 13.4. The van der Waals surface area contributed by atoms with Crippen LogP contribution in [0.1, 0.15) is 45.2 Å². The number of imidazole rings is 1. The quantitative estimate of drug-likeness (QED) is 0.0492. The van der Waals surface area contributed by atoms with Crippen molar-refractivity contribution >= 4 is 59.9 Å². The number of aliphatic carboxylic acids is 1. The highest BCUT2D eigenvalue weighted by atomic mass is 32.1. The minimum atomic E-state index is -1.73. The summed E-state index contributed by atoms with van der Waals surface area (Å²) in [7, 11) is 0. The van der Waals surface area contributed by atoms with Gasteiger partial charge in [0, 0.05) is 24.1 Å². The van der Waals surface area contributed by atoms with Gasteiger partial charge in [0.15, 0.2) is 0 Å². The number of hydrogen-bond acceptors (Lipinski definition) is 13. The Labute approximate surface area is 304 Å². The van der Waals surface area contributed by atoms with Gasteiger partial charge in [0.2, 0.25) is 41.4 Å². The molecule has 0 aliphatic carbocycles. The lowest BCUT2D eigenvalue weighted by Crippen LogP contribution is -2.61. The average Bonchev–Trinajstić information content (AvgIpc) is 3.84. The van der Waals surface area contributed by atoms with Crippen LogP contribution in [0.5, 0.6) is 0 Å². The molecule has 0 radical (unpaired) electrons. The van der Waals surface area contributed by atoms with Crippen molar-refractivity contribution in [3.8, 4) is 0 Å². The Bertz CT molecular complexity index is 1410. The number of H-pyrrole nitrogens is 1. The summed E-state index contributed by atoms with van der Waals surface area (Å²) in [6, 6.07) is -9.59. The molecule has 1 aliphatic rings. The van der Waals surface area contributed by atoms with Gasteiger partial charge >= 0.3 is 5.97 Å². The molecule has 1 aromatic rings. The van der Waals surface area contributed by atoms with Gasteiger partial charge in [-0.15, -0.1) is 0 Å². The number of carbonyl (C=O) groups is 8. The number of carbonyl (C=O) groups excluding carboxylic acids is 7. The molecule has 0 spiro atoms. The number of carboxylic acids is 1. The molecular formula is C30H48N10O11S. The van der Waals surface area contributed by atoms with Crippen molar-refractivity contribution in [3.63, 3.8) is 0 Å². The van der Waals surface area contributed by atoms with Crippen LogP contribution in [0.2, 0.25) is 0 Å². The lowest BCUT2D eigenvalue weighted by atomic mass is 9.99. The summed E-state index contributed by atoms with van der Waals surface area (Å²) in [5, 5.41) is 46.1. The number of hydrogen-bond donors (Lipinski definition) is 13. The monoisotopic (exact) mass is 756 g/mol. The first-order chi connectivity index (χ1) is 24.6. The Morgan fingerprint density at radius 3 is 1.88 bits per heavy atom. The SMILES string of the molecule is CC[C@H](C)[C@H](NC(=O)[C@H](CO)NC(=O)[C@H](CC(N)=O)NC(=O)[C@H](CS)NC(=O)[C@H](CO)NC(=O)[C@H](Cc1cnc[nH]1)NC(=O)[C@@H]1CCCN1)C(=O)O. The predicted molar refractivity (Wildman–Crippen MR) is 184 cm³/mol. The minimum absolute atomic E-state index is 0.0359. The minimum Gasteiger partial charge on any atom is -0.480 e. The maximum atomic E-state index is 13.3. The van der Waals surface area contributed by atoms with Gasteiger partial charge in [0.1, 0.15) is 36.3 Å². The second-order valence-corrected chi connectivity index (χ2v) is 12.5. The molecule has 2 rings (SSSR count). The molecule has 52 heavy (non-hydrogen) atoms. The number of aromatic nitrogens is 2. The Balaban J connectivity index is 2.11. The molecule has 1 saturated heterocycles. The van der Waals surface area contributed by atoms with Gasteiger partial charge in [-0.25, -0.2) is 9.78 Å². The number of nitrogens with zero attached hydrogens (tertiary/aromatic N) is 1. The van der Waals surface area contributed by atoms with Gasteiger partial charge in [-0.2, -0.15) is 12.6 Å². The number of aliphatic hydroxyl groups is 2. The second kappa shape index (κ2) is 21.5. The molecule has 0 aromatic carbocycles. The molecule has 22 heteroatoms. The highest BCUT2D eigenvalue weighted by Crippen LogP contribution is 2.09. The van der Waals surface area contributed by atoms with E-state index in [-0.39, 0.29) is 12.2 Å². The molecule has 1 aliphatic heterocycles. The molecule has 21 nitrogen and oxygen atoms in total. The van der Waals surface area contributed by atoms with Crippen LogP contribution in [0, 0.1) is 5.92 Å². The van der Waals surface area contributed by atoms with E-state index in [9.17, 15) is 53.7 Å². The van der Waals surface area contributed by atoms with Gasteiger partial charge in [0.05, 0.1) is 32.0 Å². The summed E-state index contributed by atoms with van der Waals surface area (Å²) in [5.41, 5.74) is 5.74. The van der Waals surface area contributed by atoms with E-state index in [0.29, 0.717) is 25.1 Å². The van der Waals surface area contributed by atoms with Crippen LogP contribution in [-0.4, -0.2) is 140 Å². The average molecular weight is 757 g/mol. The van der Waals surface area contributed by atoms with Crippen LogP contribution in [0.4, 0.5) is 0 Å². The summed E-state index contributed by atoms with van der Waals surface area (Å²) in [6.45, 7) is 2.00. The Morgan fingerprint density at radius 1 is 0.865 bits per heavy atom. The van der Waals surface area contributed by atoms with E-state index < -0.39 is 115 Å². The van der Waals surface area contributed by atoms with Crippen molar-refractivity contribution in [2.75, 3.05) is 25.5 Å². The fourth-order valence-corrected chi connectivity index (χ4v) is 5.28. The van der Waals surface area contributed by atoms with E-state index in [1.54, 1.807) is 13.8 Å². The van der Waals surface area contributed by atoms with Crippen molar-refractivity contribution in [2.45, 2.75) is 88.2 Å². The van der Waals surface area contributed by atoms with Crippen LogP contribution >= 0.6 is 12.6 Å². The number of aliphatic hydroxyl groups excluding tert-OH is 2. The Hall–Kier alpha value is -4.80. The zero-order valence-corrected chi connectivity index (χ0v) is 29.6. The summed E-state index contributed by atoms with van der Waals surface area (Å²) in [6.07, 6.45) is 3.71. The molecular weight excluding hydrogens is 708 g/mol. The Morgan fingerprint density at radius 2 is 1.40 bits per heavy atom. The fraction of sp³-hybridized carbons (Fsp3) is 0.633. The maximum absolute atomic E-state index is 13.3. The van der Waals surface area contributed by atoms with Crippen LogP contribution in [-0.2, 0) is 44.8 Å². The van der Waals surface area contributed by atoms with Gasteiger partial charge in [-0.3, -0.25) is 33.6 Å². The third-order valence-corrected chi connectivity index (χ3v) is 8.62. The van der Waals surface area contributed by atoms with Crippen LogP contribution in [0.25, 0.3) is 0 Å². The highest BCUT2D eigenvalue weighted by molar-refractivity contribution is 7.80. The number of amides is 7. The highest BCUT2D eigenvalue weighted by Gasteiger charge is 2.35. The molecule has 290 valence electrons. The van der Waals surface area contributed by atoms with Crippen molar-refractivity contribution < 1.29 is 53.7 Å². The number of rotatable bonds is 22. The number of nitrogens with two attached hydrogens (primary N) is 1. The number of carboxylic acid groups (broad SMARTS) is 1. The third-order valence-electron chi connectivity index (χ3n) is 8.25. The Kier molecular flexibility index (Phi) is 18.0. The van der Waals surface area contributed by atoms with Gasteiger partial charge in [-0.1, -0.05) is 20.3 Å². The number of thiol groups is 1. The zero-order valence-electron chi connectivity index (χ0n) is 28.7. The topological polar surface area (TPSA) is 336 Å². The molecule has 1 fully saturated rings. The van der Waals surface area contributed by atoms with E-state index in [4.69, 9.17) is 5.73 Å². The second-order valence-electron chi connectivity index (χ2n) is 12.2. The molecule has 1 aromatic heterocycles. The van der Waals surface area contributed by atoms with Crippen molar-refractivity contribution in [1.29, 1.82) is 0 Å². The van der Waals surface area contributed by atoms with E-state index in [1.807, 2.05) is 0 Å². The van der Waals surface area contributed by atoms with E-state index in [0.717, 1.165) is 6.42 Å². The first-order valence-corrected chi connectivity index (χ1v) is 17.1. The summed E-state index contributed by atoms with van der Waals surface area (Å²) in [5.74, 6) is -8.86. The fourth-order valence-electron chi connectivity index (χ4n) is 5.03. The molecule has 7 amide bonds. The normalized spacial score (nSPS) is 17.9. The lowest BCUT2D eigenvalue weighted by Gasteiger charge is -2.26. The van der Waals surface area contributed by atoms with Crippen molar-refractivity contribution in [3.05, 3.63) is 18.2 Å². The van der Waals surface area contributed by atoms with Crippen LogP contribution in [0.15, 0.2) is 12.5 Å². The zero-order chi connectivity index (χ0) is 39.0. The van der Waals surface area contributed by atoms with E-state index in [2.05, 4.69) is 59.8 Å². The molecule has 2 heterocycles. The molecule has 0 unspecified atom stereocenters. The van der Waals surface area contributed by atoms with E-state index >= 15 is 0 Å². The molecule has 0 saturated carbocycles. The van der Waals surface area contributed by atoms with Crippen LogP contribution in [0.3, 0.4) is 0 Å². The summed E-state index contributed by atoms with van der Waals surface area (Å²) < 4.78 is 0. The first kappa shape index (κ1) is 43.4. The van der Waals surface area contributed by atoms with Gasteiger partial charge in [-0.05, 0) is 25.3 Å². The summed E-state index contributed by atoms with van der Waals surface area (Å²) in [4.78, 5) is 108. The van der Waals surface area contributed by atoms with Crippen molar-refractivity contribution in [1.82, 2.24) is 47.2 Å². The number of nitrogens with one attached hydrogen (secondary N) is 8. The first-order valence-electron chi connectivity index (χ1n) is 16.5. The predicted octanol–water partition coefficient (Wildman–Crippen LogP) is -5.47. The number of aromatic amines is 1. The largest absolute Gasteiger partial charge is 0.480 e. The standard InChI is InChI=1S/C30H48N10O11S/c1-3-14(2)23(30(50)51)40-28(48)20(11-42)38-26(46)18(8-22(31)43)36-29(49)21(12-52)39-27(47)19(10-41)37-25(45)17(7-15-9-32-13-34-15)35-24(44)16-5-4-6-33-16/h9,13-14,16-21,23,33,41-42,52H,3-8,10-12H2,1-2H3,(H2,31,43)(H,32,34)(H,35,44)(H,36,49)(H,37,45)(H,38,46)(H,39,47)(H,40,48)(H,50,51)/t14-,16-,17-,18-,19-,20-,21-,23-/m0/s1. The lowest BCUT2D eigenvalue weighted by molar-refractivity contribution is -0.144. The molecule has 13 N–H and O–H groups in total. The van der Waals surface area contributed by atoms with E-state index in [1.165, 1.54) is 12.5 Å². The van der Waals surface area contributed by atoms with Crippen molar-refractivity contribution in [2.24, 2.45) is 11.7 Å². The summed E-state index contributed by atoms with van der Waals surface area (Å²) >= 11 is 4.06. The van der Waals surface area contributed by atoms with Gasteiger partial charge in [0.25, 0.3) is 0 Å². The van der Waals surface area contributed by atoms with Gasteiger partial charge < -0.3 is 63.3 Å². The number of primary amides is 1.